The smallest absolute Gasteiger partial charge is 0.280 e. The van der Waals surface area contributed by atoms with E-state index in [1.165, 1.54) is 23.5 Å². The van der Waals surface area contributed by atoms with Gasteiger partial charge in [0, 0.05) is 25.5 Å². The van der Waals surface area contributed by atoms with Crippen LogP contribution < -0.4 is 4.90 Å². The number of aryl methyl sites for hydroxylation is 2. The van der Waals surface area contributed by atoms with Crippen LogP contribution in [0.3, 0.4) is 0 Å². The van der Waals surface area contributed by atoms with Crippen LogP contribution in [-0.4, -0.2) is 52.9 Å². The van der Waals surface area contributed by atoms with Crippen molar-refractivity contribution >= 4 is 45.0 Å². The van der Waals surface area contributed by atoms with Crippen molar-refractivity contribution in [1.82, 2.24) is 19.9 Å². The summed E-state index contributed by atoms with van der Waals surface area (Å²) in [5.74, 6) is -0.177. The van der Waals surface area contributed by atoms with Crippen LogP contribution in [0, 0.1) is 13.8 Å². The predicted octanol–water partition coefficient (Wildman–Crippen LogP) is 3.33. The zero-order valence-corrected chi connectivity index (χ0v) is 16.9. The number of thiazole rings is 1. The average molecular weight is 392 g/mol. The Kier molecular flexibility index (Phi) is 6.63. The Morgan fingerprint density at radius 1 is 1.15 bits per heavy atom. The number of carbonyl (C=O) groups excluding carboxylic acids is 1. The molecule has 0 aliphatic rings. The topological polar surface area (TPSA) is 62.2 Å². The van der Waals surface area contributed by atoms with Crippen molar-refractivity contribution in [1.29, 1.82) is 0 Å². The molecule has 0 aliphatic carbocycles. The van der Waals surface area contributed by atoms with E-state index < -0.39 is 0 Å². The highest BCUT2D eigenvalue weighted by molar-refractivity contribution is 7.22. The van der Waals surface area contributed by atoms with Gasteiger partial charge in [0.15, 0.2) is 5.13 Å². The Hall–Kier alpha value is -2.09. The van der Waals surface area contributed by atoms with Crippen LogP contribution >= 0.6 is 23.7 Å². The number of amides is 1. The van der Waals surface area contributed by atoms with Gasteiger partial charge < -0.3 is 4.90 Å². The minimum atomic E-state index is -0.177. The first-order valence-corrected chi connectivity index (χ1v) is 8.88. The van der Waals surface area contributed by atoms with Gasteiger partial charge in [-0.05, 0) is 45.1 Å². The van der Waals surface area contributed by atoms with Crippen LogP contribution in [0.1, 0.15) is 21.6 Å². The molecule has 6 nitrogen and oxygen atoms in total. The molecule has 0 saturated heterocycles. The van der Waals surface area contributed by atoms with Gasteiger partial charge in [-0.25, -0.2) is 9.97 Å². The van der Waals surface area contributed by atoms with Crippen molar-refractivity contribution in [3.63, 3.8) is 0 Å². The molecule has 0 bridgehead atoms. The van der Waals surface area contributed by atoms with E-state index in [0.717, 1.165) is 16.8 Å². The summed E-state index contributed by atoms with van der Waals surface area (Å²) in [6.45, 7) is 5.41. The molecule has 0 spiro atoms. The summed E-state index contributed by atoms with van der Waals surface area (Å²) in [6.07, 6.45) is 4.59. The summed E-state index contributed by atoms with van der Waals surface area (Å²) >= 11 is 1.54. The summed E-state index contributed by atoms with van der Waals surface area (Å²) in [6, 6.07) is 4.19. The largest absolute Gasteiger partial charge is 0.308 e. The van der Waals surface area contributed by atoms with Gasteiger partial charge in [0.25, 0.3) is 5.91 Å². The van der Waals surface area contributed by atoms with E-state index in [1.54, 1.807) is 22.4 Å². The molecule has 2 aromatic heterocycles. The molecular formula is C18H22ClN5OS. The maximum absolute atomic E-state index is 13.0. The average Bonchev–Trinajstić information content (AvgIpc) is 2.99. The number of carbonyl (C=O) groups is 1. The highest BCUT2D eigenvalue weighted by atomic mass is 35.5. The lowest BCUT2D eigenvalue weighted by atomic mass is 10.1. The Morgan fingerprint density at radius 2 is 1.92 bits per heavy atom. The normalized spacial score (nSPS) is 10.8. The number of fused-ring (bicyclic) bond motifs is 1. The summed E-state index contributed by atoms with van der Waals surface area (Å²) in [5, 5.41) is 0.696. The van der Waals surface area contributed by atoms with Crippen LogP contribution in [0.5, 0.6) is 0 Å². The van der Waals surface area contributed by atoms with Crippen molar-refractivity contribution in [2.75, 3.05) is 32.1 Å². The van der Waals surface area contributed by atoms with E-state index in [-0.39, 0.29) is 18.3 Å². The summed E-state index contributed by atoms with van der Waals surface area (Å²) in [7, 11) is 3.97. The van der Waals surface area contributed by atoms with Crippen LogP contribution in [0.2, 0.25) is 0 Å². The Balaban J connectivity index is 0.00000243. The molecule has 0 unspecified atom stereocenters. The van der Waals surface area contributed by atoms with E-state index in [9.17, 15) is 4.79 Å². The van der Waals surface area contributed by atoms with Gasteiger partial charge in [0.05, 0.1) is 16.4 Å². The van der Waals surface area contributed by atoms with E-state index in [1.807, 2.05) is 19.0 Å². The van der Waals surface area contributed by atoms with Gasteiger partial charge in [-0.2, -0.15) is 0 Å². The maximum Gasteiger partial charge on any atom is 0.280 e. The molecule has 1 amide bonds. The quantitative estimate of drug-likeness (QED) is 0.667. The molecule has 1 aromatic carbocycles. The van der Waals surface area contributed by atoms with Crippen LogP contribution in [-0.2, 0) is 0 Å². The van der Waals surface area contributed by atoms with E-state index in [4.69, 9.17) is 4.98 Å². The first-order valence-electron chi connectivity index (χ1n) is 8.06. The molecule has 138 valence electrons. The second-order valence-electron chi connectivity index (χ2n) is 6.28. The van der Waals surface area contributed by atoms with Crippen LogP contribution in [0.15, 0.2) is 30.7 Å². The SMILES string of the molecule is Cc1cc(C)c2sc(N(CCN(C)C)C(=O)c3cnccn3)nc2c1.Cl. The standard InChI is InChI=1S/C18H21N5OS.ClH/c1-12-9-13(2)16-14(10-12)21-18(25-16)23(8-7-22(3)4)17(24)15-11-19-5-6-20-15;/h5-6,9-11H,7-8H2,1-4H3;1H. The van der Waals surface area contributed by atoms with Gasteiger partial charge in [0.2, 0.25) is 0 Å². The molecule has 0 N–H and O–H groups in total. The molecule has 26 heavy (non-hydrogen) atoms. The second kappa shape index (κ2) is 8.53. The minimum absolute atomic E-state index is 0. The maximum atomic E-state index is 13.0. The first kappa shape index (κ1) is 20.2. The third-order valence-corrected chi connectivity index (χ3v) is 5.07. The molecular weight excluding hydrogens is 370 g/mol. The van der Waals surface area contributed by atoms with Gasteiger partial charge in [-0.3, -0.25) is 14.7 Å². The van der Waals surface area contributed by atoms with Gasteiger partial charge in [0.1, 0.15) is 5.69 Å². The summed E-state index contributed by atoms with van der Waals surface area (Å²) < 4.78 is 1.11. The number of halogens is 1. The fourth-order valence-electron chi connectivity index (χ4n) is 2.61. The van der Waals surface area contributed by atoms with Crippen molar-refractivity contribution < 1.29 is 4.79 Å². The molecule has 0 atom stereocenters. The predicted molar refractivity (Wildman–Crippen MR) is 109 cm³/mol. The molecule has 3 aromatic rings. The highest BCUT2D eigenvalue weighted by Crippen LogP contribution is 2.32. The van der Waals surface area contributed by atoms with Crippen LogP contribution in [0.4, 0.5) is 5.13 Å². The van der Waals surface area contributed by atoms with E-state index in [2.05, 4.69) is 35.9 Å². The Labute approximate surface area is 163 Å². The number of anilines is 1. The third kappa shape index (κ3) is 4.35. The molecule has 0 fully saturated rings. The summed E-state index contributed by atoms with van der Waals surface area (Å²) in [4.78, 5) is 29.6. The number of nitrogens with zero attached hydrogens (tertiary/aromatic N) is 5. The van der Waals surface area contributed by atoms with Gasteiger partial charge in [-0.1, -0.05) is 17.4 Å². The van der Waals surface area contributed by atoms with Crippen LogP contribution in [0.25, 0.3) is 10.2 Å². The minimum Gasteiger partial charge on any atom is -0.308 e. The molecule has 0 saturated carbocycles. The van der Waals surface area contributed by atoms with E-state index in [0.29, 0.717) is 17.4 Å². The zero-order valence-electron chi connectivity index (χ0n) is 15.3. The lowest BCUT2D eigenvalue weighted by Crippen LogP contribution is -2.37. The number of likely N-dealkylation sites (N-methyl/N-ethyl adjacent to an activating group) is 1. The highest BCUT2D eigenvalue weighted by Gasteiger charge is 2.23. The third-order valence-electron chi connectivity index (χ3n) is 3.84. The van der Waals surface area contributed by atoms with Crippen molar-refractivity contribution in [2.24, 2.45) is 0 Å². The molecule has 8 heteroatoms. The number of hydrogen-bond donors (Lipinski definition) is 0. The van der Waals surface area contributed by atoms with Crippen molar-refractivity contribution in [3.8, 4) is 0 Å². The first-order chi connectivity index (χ1) is 12.0. The van der Waals surface area contributed by atoms with Crippen molar-refractivity contribution in [3.05, 3.63) is 47.5 Å². The fraction of sp³-hybridized carbons (Fsp3) is 0.333. The zero-order chi connectivity index (χ0) is 18.0. The molecule has 0 radical (unpaired) electrons. The molecule has 2 heterocycles. The fourth-order valence-corrected chi connectivity index (χ4v) is 3.65. The second-order valence-corrected chi connectivity index (χ2v) is 7.25. The van der Waals surface area contributed by atoms with Gasteiger partial charge in [-0.15, -0.1) is 12.4 Å². The Morgan fingerprint density at radius 3 is 2.58 bits per heavy atom. The Bertz CT molecular complexity index is 897. The van der Waals surface area contributed by atoms with Crippen molar-refractivity contribution in [2.45, 2.75) is 13.8 Å². The lowest BCUT2D eigenvalue weighted by Gasteiger charge is -2.21. The molecule has 0 aliphatic heterocycles. The molecule has 3 rings (SSSR count). The number of benzene rings is 1. The monoisotopic (exact) mass is 391 g/mol. The number of rotatable bonds is 5. The number of hydrogen-bond acceptors (Lipinski definition) is 6. The lowest BCUT2D eigenvalue weighted by molar-refractivity contribution is 0.0980. The number of aromatic nitrogens is 3. The summed E-state index contributed by atoms with van der Waals surface area (Å²) in [5.41, 5.74) is 3.60. The van der Waals surface area contributed by atoms with Gasteiger partial charge >= 0.3 is 0 Å². The van der Waals surface area contributed by atoms with E-state index >= 15 is 0 Å².